The molecule has 1 unspecified atom stereocenters. The Hall–Kier alpha value is -1.65. The van der Waals surface area contributed by atoms with Gasteiger partial charge in [0, 0.05) is 4.47 Å². The van der Waals surface area contributed by atoms with E-state index >= 15 is 0 Å². The number of benzene rings is 2. The molecule has 0 saturated heterocycles. The van der Waals surface area contributed by atoms with Crippen LogP contribution < -0.4 is 0 Å². The lowest BCUT2D eigenvalue weighted by Crippen LogP contribution is -2.34. The van der Waals surface area contributed by atoms with Gasteiger partial charge >= 0.3 is 5.97 Å². The van der Waals surface area contributed by atoms with Crippen LogP contribution in [-0.2, 0) is 10.4 Å². The summed E-state index contributed by atoms with van der Waals surface area (Å²) >= 11 is 3.45. The van der Waals surface area contributed by atoms with Gasteiger partial charge in [0.15, 0.2) is 5.60 Å². The third-order valence-corrected chi connectivity index (χ3v) is 4.05. The van der Waals surface area contributed by atoms with Crippen LogP contribution in [0.5, 0.6) is 0 Å². The number of aliphatic hydroxyl groups is 1. The average molecular weight is 335 g/mol. The van der Waals surface area contributed by atoms with Gasteiger partial charge in [-0.1, -0.05) is 65.3 Å². The topological polar surface area (TPSA) is 57.5 Å². The lowest BCUT2D eigenvalue weighted by Gasteiger charge is -2.23. The lowest BCUT2D eigenvalue weighted by molar-refractivity contribution is -0.160. The molecule has 1 atom stereocenters. The summed E-state index contributed by atoms with van der Waals surface area (Å²) < 4.78 is 0.759. The number of hydrogen-bond acceptors (Lipinski definition) is 2. The normalized spacial score (nSPS) is 13.8. The maximum absolute atomic E-state index is 11.3. The molecule has 0 fully saturated rings. The van der Waals surface area contributed by atoms with Crippen LogP contribution in [0.2, 0.25) is 0 Å². The minimum Gasteiger partial charge on any atom is -0.479 e. The summed E-state index contributed by atoms with van der Waals surface area (Å²) in [5, 5.41) is 19.4. The Labute approximate surface area is 126 Å². The van der Waals surface area contributed by atoms with Gasteiger partial charge in [0.25, 0.3) is 0 Å². The highest BCUT2D eigenvalue weighted by Gasteiger charge is 2.36. The van der Waals surface area contributed by atoms with Gasteiger partial charge in [0.05, 0.1) is 0 Å². The summed E-state index contributed by atoms with van der Waals surface area (Å²) in [5.41, 5.74) is 0.510. The van der Waals surface area contributed by atoms with E-state index in [1.165, 1.54) is 0 Å². The largest absolute Gasteiger partial charge is 0.479 e. The van der Waals surface area contributed by atoms with E-state index in [1.807, 2.05) is 36.4 Å². The SMILES string of the molecule is CCC(O)(C(=O)O)c1ccc(-c2ccccc2)c(Br)c1. The Morgan fingerprint density at radius 1 is 1.20 bits per heavy atom. The molecule has 0 amide bonds. The number of carboxylic acid groups (broad SMARTS) is 1. The monoisotopic (exact) mass is 334 g/mol. The van der Waals surface area contributed by atoms with Crippen molar-refractivity contribution in [1.29, 1.82) is 0 Å². The first-order valence-corrected chi connectivity index (χ1v) is 7.09. The molecule has 4 heteroatoms. The van der Waals surface area contributed by atoms with E-state index in [0.717, 1.165) is 15.6 Å². The molecule has 2 N–H and O–H groups in total. The molecule has 104 valence electrons. The highest BCUT2D eigenvalue weighted by atomic mass is 79.9. The van der Waals surface area contributed by atoms with Gasteiger partial charge in [-0.25, -0.2) is 4.79 Å². The van der Waals surface area contributed by atoms with Crippen molar-refractivity contribution in [2.24, 2.45) is 0 Å². The van der Waals surface area contributed by atoms with Crippen molar-refractivity contribution in [3.05, 3.63) is 58.6 Å². The van der Waals surface area contributed by atoms with Gasteiger partial charge in [0.2, 0.25) is 0 Å². The van der Waals surface area contributed by atoms with Gasteiger partial charge < -0.3 is 10.2 Å². The van der Waals surface area contributed by atoms with Crippen molar-refractivity contribution in [3.63, 3.8) is 0 Å². The molecule has 0 radical (unpaired) electrons. The number of hydrogen-bond donors (Lipinski definition) is 2. The Balaban J connectivity index is 2.48. The first-order chi connectivity index (χ1) is 9.49. The van der Waals surface area contributed by atoms with Crippen molar-refractivity contribution < 1.29 is 15.0 Å². The molecule has 0 bridgehead atoms. The van der Waals surface area contributed by atoms with Crippen LogP contribution >= 0.6 is 15.9 Å². The van der Waals surface area contributed by atoms with Crippen molar-refractivity contribution in [3.8, 4) is 11.1 Å². The highest BCUT2D eigenvalue weighted by Crippen LogP contribution is 2.33. The van der Waals surface area contributed by atoms with Crippen LogP contribution in [0, 0.1) is 0 Å². The molecule has 0 spiro atoms. The van der Waals surface area contributed by atoms with Gasteiger partial charge in [-0.05, 0) is 29.2 Å². The summed E-state index contributed by atoms with van der Waals surface area (Å²) in [6, 6.07) is 14.9. The Kier molecular flexibility index (Phi) is 4.26. The summed E-state index contributed by atoms with van der Waals surface area (Å²) in [7, 11) is 0. The molecular formula is C16H15BrO3. The highest BCUT2D eigenvalue weighted by molar-refractivity contribution is 9.10. The molecule has 0 aliphatic rings. The standard InChI is InChI=1S/C16H15BrO3/c1-2-16(20,15(18)19)12-8-9-13(14(17)10-12)11-6-4-3-5-7-11/h3-10,20H,2H2,1H3,(H,18,19). The minimum atomic E-state index is -1.85. The third-order valence-electron chi connectivity index (χ3n) is 3.40. The molecular weight excluding hydrogens is 320 g/mol. The van der Waals surface area contributed by atoms with Gasteiger partial charge in [0.1, 0.15) is 0 Å². The average Bonchev–Trinajstić information content (AvgIpc) is 2.47. The molecule has 3 nitrogen and oxygen atoms in total. The van der Waals surface area contributed by atoms with Crippen molar-refractivity contribution in [2.75, 3.05) is 0 Å². The second-order valence-corrected chi connectivity index (χ2v) is 5.43. The predicted molar refractivity (Wildman–Crippen MR) is 81.4 cm³/mol. The van der Waals surface area contributed by atoms with Crippen LogP contribution in [0.15, 0.2) is 53.0 Å². The van der Waals surface area contributed by atoms with Crippen molar-refractivity contribution in [1.82, 2.24) is 0 Å². The van der Waals surface area contributed by atoms with Crippen LogP contribution in [0.4, 0.5) is 0 Å². The first-order valence-electron chi connectivity index (χ1n) is 6.30. The first kappa shape index (κ1) is 14.8. The molecule has 0 aliphatic carbocycles. The van der Waals surface area contributed by atoms with Gasteiger partial charge in [-0.3, -0.25) is 0 Å². The second-order valence-electron chi connectivity index (χ2n) is 4.58. The number of carbonyl (C=O) groups is 1. The van der Waals surface area contributed by atoms with Crippen molar-refractivity contribution in [2.45, 2.75) is 18.9 Å². The number of halogens is 1. The third kappa shape index (κ3) is 2.62. The molecule has 0 saturated carbocycles. The Bertz CT molecular complexity index is 625. The van der Waals surface area contributed by atoms with E-state index in [1.54, 1.807) is 19.1 Å². The van der Waals surface area contributed by atoms with E-state index in [0.29, 0.717) is 5.56 Å². The molecule has 2 rings (SSSR count). The zero-order chi connectivity index (χ0) is 14.8. The summed E-state index contributed by atoms with van der Waals surface area (Å²) in [6.07, 6.45) is 0.111. The molecule has 0 aliphatic heterocycles. The van der Waals surface area contributed by atoms with E-state index in [-0.39, 0.29) is 6.42 Å². The van der Waals surface area contributed by atoms with E-state index in [2.05, 4.69) is 15.9 Å². The number of aliphatic carboxylic acids is 1. The fourth-order valence-electron chi connectivity index (χ4n) is 2.10. The lowest BCUT2D eigenvalue weighted by atomic mass is 9.90. The number of carboxylic acids is 1. The maximum Gasteiger partial charge on any atom is 0.340 e. The fraction of sp³-hybridized carbons (Fsp3) is 0.188. The molecule has 20 heavy (non-hydrogen) atoms. The maximum atomic E-state index is 11.3. The Morgan fingerprint density at radius 2 is 1.85 bits per heavy atom. The van der Waals surface area contributed by atoms with E-state index in [4.69, 9.17) is 0 Å². The second kappa shape index (κ2) is 5.77. The van der Waals surface area contributed by atoms with Crippen LogP contribution in [-0.4, -0.2) is 16.2 Å². The van der Waals surface area contributed by atoms with Crippen LogP contribution in [0.25, 0.3) is 11.1 Å². The quantitative estimate of drug-likeness (QED) is 0.894. The predicted octanol–water partition coefficient (Wildman–Crippen LogP) is 3.80. The Morgan fingerprint density at radius 3 is 2.35 bits per heavy atom. The smallest absolute Gasteiger partial charge is 0.340 e. The van der Waals surface area contributed by atoms with E-state index in [9.17, 15) is 15.0 Å². The molecule has 0 aromatic heterocycles. The van der Waals surface area contributed by atoms with Gasteiger partial charge in [-0.2, -0.15) is 0 Å². The summed E-state index contributed by atoms with van der Waals surface area (Å²) in [4.78, 5) is 11.3. The van der Waals surface area contributed by atoms with Crippen LogP contribution in [0.3, 0.4) is 0 Å². The van der Waals surface area contributed by atoms with Crippen LogP contribution in [0.1, 0.15) is 18.9 Å². The molecule has 2 aromatic rings. The summed E-state index contributed by atoms with van der Waals surface area (Å²) in [6.45, 7) is 1.65. The fourth-order valence-corrected chi connectivity index (χ4v) is 2.71. The molecule has 2 aromatic carbocycles. The number of rotatable bonds is 4. The summed E-state index contributed by atoms with van der Waals surface area (Å²) in [5.74, 6) is -1.24. The van der Waals surface area contributed by atoms with E-state index < -0.39 is 11.6 Å². The zero-order valence-electron chi connectivity index (χ0n) is 11.0. The van der Waals surface area contributed by atoms with Gasteiger partial charge in [-0.15, -0.1) is 0 Å². The molecule has 0 heterocycles. The zero-order valence-corrected chi connectivity index (χ0v) is 12.6. The minimum absolute atomic E-state index is 0.111. The van der Waals surface area contributed by atoms with Crippen molar-refractivity contribution >= 4 is 21.9 Å².